The van der Waals surface area contributed by atoms with E-state index in [1.165, 1.54) is 12.1 Å². The Morgan fingerprint density at radius 3 is 2.67 bits per heavy atom. The molecule has 0 saturated heterocycles. The van der Waals surface area contributed by atoms with Crippen molar-refractivity contribution in [2.45, 2.75) is 33.4 Å². The molecule has 0 fully saturated rings. The van der Waals surface area contributed by atoms with Gasteiger partial charge in [0.2, 0.25) is 0 Å². The molecule has 1 unspecified atom stereocenters. The molecule has 0 radical (unpaired) electrons. The highest BCUT2D eigenvalue weighted by Crippen LogP contribution is 2.14. The van der Waals surface area contributed by atoms with Crippen LogP contribution in [0.4, 0.5) is 8.78 Å². The number of benzene rings is 1. The van der Waals surface area contributed by atoms with Crippen LogP contribution in [0.25, 0.3) is 0 Å². The van der Waals surface area contributed by atoms with Crippen molar-refractivity contribution in [3.8, 4) is 0 Å². The zero-order valence-electron chi connectivity index (χ0n) is 12.1. The maximum absolute atomic E-state index is 13.6. The molecule has 0 aliphatic carbocycles. The summed E-state index contributed by atoms with van der Waals surface area (Å²) < 4.78 is 26.4. The van der Waals surface area contributed by atoms with Crippen molar-refractivity contribution in [1.82, 2.24) is 15.3 Å². The van der Waals surface area contributed by atoms with E-state index >= 15 is 0 Å². The summed E-state index contributed by atoms with van der Waals surface area (Å²) >= 11 is 0. The number of hydrogen-bond acceptors (Lipinski definition) is 3. The fourth-order valence-corrected chi connectivity index (χ4v) is 2.28. The van der Waals surface area contributed by atoms with E-state index in [1.54, 1.807) is 20.8 Å². The molecule has 1 heterocycles. The third kappa shape index (κ3) is 3.52. The van der Waals surface area contributed by atoms with Crippen LogP contribution in [0.2, 0.25) is 0 Å². The molecule has 0 amide bonds. The average molecular weight is 293 g/mol. The van der Waals surface area contributed by atoms with Crippen molar-refractivity contribution in [2.24, 2.45) is 0 Å². The molecule has 6 heteroatoms. The van der Waals surface area contributed by atoms with Crippen molar-refractivity contribution in [3.63, 3.8) is 0 Å². The fraction of sp³-hybridized carbons (Fsp3) is 0.333. The second kappa shape index (κ2) is 6.13. The largest absolute Gasteiger partial charge is 0.310 e. The molecule has 0 bridgehead atoms. The first-order valence-corrected chi connectivity index (χ1v) is 6.63. The van der Waals surface area contributed by atoms with Crippen LogP contribution < -0.4 is 10.9 Å². The Bertz CT molecular complexity index is 713. The van der Waals surface area contributed by atoms with Gasteiger partial charge in [-0.15, -0.1) is 0 Å². The Kier molecular flexibility index (Phi) is 4.47. The van der Waals surface area contributed by atoms with Gasteiger partial charge in [0.15, 0.2) is 0 Å². The van der Waals surface area contributed by atoms with E-state index in [9.17, 15) is 13.6 Å². The summed E-state index contributed by atoms with van der Waals surface area (Å²) in [6.45, 7) is 5.47. The van der Waals surface area contributed by atoms with Gasteiger partial charge in [0, 0.05) is 29.9 Å². The highest BCUT2D eigenvalue weighted by Gasteiger charge is 2.15. The lowest BCUT2D eigenvalue weighted by Crippen LogP contribution is -2.28. The van der Waals surface area contributed by atoms with Gasteiger partial charge in [-0.05, 0) is 26.8 Å². The molecule has 21 heavy (non-hydrogen) atoms. The van der Waals surface area contributed by atoms with Crippen molar-refractivity contribution in [3.05, 3.63) is 62.8 Å². The molecule has 1 atom stereocenters. The zero-order chi connectivity index (χ0) is 15.6. The smallest absolute Gasteiger partial charge is 0.255 e. The minimum atomic E-state index is -0.612. The van der Waals surface area contributed by atoms with Crippen molar-refractivity contribution in [2.75, 3.05) is 0 Å². The van der Waals surface area contributed by atoms with Crippen LogP contribution in [0, 0.1) is 25.5 Å². The lowest BCUT2D eigenvalue weighted by molar-refractivity contribution is 0.528. The van der Waals surface area contributed by atoms with E-state index in [0.717, 1.165) is 6.07 Å². The molecular formula is C15H17F2N3O. The minimum Gasteiger partial charge on any atom is -0.310 e. The Labute approximate surface area is 121 Å². The van der Waals surface area contributed by atoms with Gasteiger partial charge >= 0.3 is 0 Å². The van der Waals surface area contributed by atoms with Crippen molar-refractivity contribution in [1.29, 1.82) is 0 Å². The van der Waals surface area contributed by atoms with Crippen LogP contribution in [0.15, 0.2) is 23.0 Å². The third-order valence-electron chi connectivity index (χ3n) is 3.31. The molecule has 4 nitrogen and oxygen atoms in total. The highest BCUT2D eigenvalue weighted by atomic mass is 19.1. The molecule has 0 aliphatic heterocycles. The number of rotatable bonds is 4. The van der Waals surface area contributed by atoms with Crippen LogP contribution in [0.5, 0.6) is 0 Å². The summed E-state index contributed by atoms with van der Waals surface area (Å²) in [4.78, 5) is 18.8. The fourth-order valence-electron chi connectivity index (χ4n) is 2.28. The number of halogens is 2. The predicted octanol–water partition coefficient (Wildman–Crippen LogP) is 2.52. The number of nitrogens with one attached hydrogen (secondary N) is 2. The summed E-state index contributed by atoms with van der Waals surface area (Å²) in [5.41, 5.74) is 1.29. The first kappa shape index (κ1) is 15.3. The molecule has 2 aromatic rings. The quantitative estimate of drug-likeness (QED) is 0.910. The molecule has 2 rings (SSSR count). The number of nitrogens with zero attached hydrogens (tertiary/aromatic N) is 1. The number of aromatic nitrogens is 2. The van der Waals surface area contributed by atoms with E-state index in [1.807, 2.05) is 0 Å². The molecule has 1 aromatic carbocycles. The van der Waals surface area contributed by atoms with E-state index in [4.69, 9.17) is 0 Å². The van der Waals surface area contributed by atoms with Crippen molar-refractivity contribution < 1.29 is 8.78 Å². The summed E-state index contributed by atoms with van der Waals surface area (Å²) in [5, 5.41) is 3.05. The second-order valence-electron chi connectivity index (χ2n) is 4.99. The molecular weight excluding hydrogens is 276 g/mol. The molecule has 112 valence electrons. The molecule has 0 spiro atoms. The van der Waals surface area contributed by atoms with E-state index < -0.39 is 11.6 Å². The third-order valence-corrected chi connectivity index (χ3v) is 3.31. The van der Waals surface area contributed by atoms with Crippen LogP contribution in [-0.4, -0.2) is 9.97 Å². The summed E-state index contributed by atoms with van der Waals surface area (Å²) in [6.07, 6.45) is 0. The normalized spacial score (nSPS) is 12.4. The van der Waals surface area contributed by atoms with Crippen LogP contribution in [-0.2, 0) is 6.54 Å². The van der Waals surface area contributed by atoms with Gasteiger partial charge in [0.05, 0.1) is 5.56 Å². The van der Waals surface area contributed by atoms with Gasteiger partial charge in [0.1, 0.15) is 17.5 Å². The molecule has 1 aromatic heterocycles. The average Bonchev–Trinajstić information content (AvgIpc) is 2.36. The SMILES string of the molecule is Cc1nc(C)c(C(C)NCc2ccc(F)cc2F)c(=O)[nH]1. The number of aryl methyl sites for hydroxylation is 2. The van der Waals surface area contributed by atoms with Gasteiger partial charge in [-0.1, -0.05) is 6.07 Å². The van der Waals surface area contributed by atoms with Gasteiger partial charge in [-0.3, -0.25) is 4.79 Å². The number of H-pyrrole nitrogens is 1. The van der Waals surface area contributed by atoms with Gasteiger partial charge in [0.25, 0.3) is 5.56 Å². The predicted molar refractivity (Wildman–Crippen MR) is 75.9 cm³/mol. The summed E-state index contributed by atoms with van der Waals surface area (Å²) in [7, 11) is 0. The Balaban J connectivity index is 2.15. The van der Waals surface area contributed by atoms with Gasteiger partial charge < -0.3 is 10.3 Å². The standard InChI is InChI=1S/C15H17F2N3O/c1-8(14-9(2)19-10(3)20-15(14)21)18-7-11-4-5-12(16)6-13(11)17/h4-6,8,18H,7H2,1-3H3,(H,19,20,21). The summed E-state index contributed by atoms with van der Waals surface area (Å²) in [5.74, 6) is -0.667. The van der Waals surface area contributed by atoms with Gasteiger partial charge in [-0.2, -0.15) is 0 Å². The topological polar surface area (TPSA) is 57.8 Å². The van der Waals surface area contributed by atoms with E-state index in [0.29, 0.717) is 22.6 Å². The van der Waals surface area contributed by atoms with E-state index in [2.05, 4.69) is 15.3 Å². The maximum Gasteiger partial charge on any atom is 0.255 e. The molecule has 0 aliphatic rings. The first-order chi connectivity index (χ1) is 9.88. The van der Waals surface area contributed by atoms with Crippen LogP contribution >= 0.6 is 0 Å². The van der Waals surface area contributed by atoms with E-state index in [-0.39, 0.29) is 18.1 Å². The number of aromatic amines is 1. The molecule has 2 N–H and O–H groups in total. The second-order valence-corrected chi connectivity index (χ2v) is 4.99. The number of hydrogen-bond donors (Lipinski definition) is 2. The lowest BCUT2D eigenvalue weighted by atomic mass is 10.1. The highest BCUT2D eigenvalue weighted by molar-refractivity contribution is 5.22. The van der Waals surface area contributed by atoms with Gasteiger partial charge in [-0.25, -0.2) is 13.8 Å². The maximum atomic E-state index is 13.6. The summed E-state index contributed by atoms with van der Waals surface area (Å²) in [6, 6.07) is 3.13. The van der Waals surface area contributed by atoms with Crippen LogP contribution in [0.1, 0.15) is 35.6 Å². The zero-order valence-corrected chi connectivity index (χ0v) is 12.1. The first-order valence-electron chi connectivity index (χ1n) is 6.63. The Hall–Kier alpha value is -2.08. The minimum absolute atomic E-state index is 0.194. The van der Waals surface area contributed by atoms with Crippen LogP contribution in [0.3, 0.4) is 0 Å². The molecule has 0 saturated carbocycles. The lowest BCUT2D eigenvalue weighted by Gasteiger charge is -2.15. The van der Waals surface area contributed by atoms with Crippen molar-refractivity contribution >= 4 is 0 Å². The monoisotopic (exact) mass is 293 g/mol. The Morgan fingerprint density at radius 1 is 1.33 bits per heavy atom. The Morgan fingerprint density at radius 2 is 2.05 bits per heavy atom.